The van der Waals surface area contributed by atoms with E-state index in [1.54, 1.807) is 13.8 Å². The van der Waals surface area contributed by atoms with Gasteiger partial charge >= 0.3 is 11.9 Å². The fourth-order valence-corrected chi connectivity index (χ4v) is 12.7. The Bertz CT molecular complexity index is 1010. The predicted octanol–water partition coefficient (Wildman–Crippen LogP) is 7.33. The van der Waals surface area contributed by atoms with Crippen molar-refractivity contribution < 1.29 is 24.2 Å². The second-order valence-corrected chi connectivity index (χ2v) is 16.7. The van der Waals surface area contributed by atoms with Gasteiger partial charge in [0, 0.05) is 24.7 Å². The van der Waals surface area contributed by atoms with E-state index in [0.717, 1.165) is 51.4 Å². The fourth-order valence-electron chi connectivity index (χ4n) is 12.7. The van der Waals surface area contributed by atoms with E-state index in [1.165, 1.54) is 6.42 Å². The van der Waals surface area contributed by atoms with Crippen LogP contribution in [0, 0.1) is 56.7 Å². The topological polar surface area (TPSA) is 72.8 Å². The van der Waals surface area contributed by atoms with Crippen LogP contribution in [-0.2, 0) is 19.1 Å². The molecule has 0 aliphatic heterocycles. The van der Waals surface area contributed by atoms with Crippen LogP contribution in [0.2, 0.25) is 0 Å². The Morgan fingerprint density at radius 1 is 0.718 bits per heavy atom. The van der Waals surface area contributed by atoms with Crippen molar-refractivity contribution in [2.45, 2.75) is 145 Å². The van der Waals surface area contributed by atoms with Crippen molar-refractivity contribution in [3.63, 3.8) is 0 Å². The molecule has 0 amide bonds. The summed E-state index contributed by atoms with van der Waals surface area (Å²) in [7, 11) is 0. The quantitative estimate of drug-likeness (QED) is 0.377. The third-order valence-corrected chi connectivity index (χ3v) is 14.5. The first kappa shape index (κ1) is 29.4. The van der Waals surface area contributed by atoms with Gasteiger partial charge in [-0.25, -0.2) is 0 Å². The highest BCUT2D eigenvalue weighted by Crippen LogP contribution is 2.78. The number of hydrogen-bond acceptors (Lipinski definition) is 5. The molecule has 5 aliphatic rings. The van der Waals surface area contributed by atoms with Gasteiger partial charge in [-0.2, -0.15) is 0 Å². The summed E-state index contributed by atoms with van der Waals surface area (Å²) in [5, 5.41) is 11.2. The second-order valence-electron chi connectivity index (χ2n) is 16.7. The molecule has 4 unspecified atom stereocenters. The first-order valence-electron chi connectivity index (χ1n) is 15.9. The molecule has 0 aromatic heterocycles. The lowest BCUT2D eigenvalue weighted by molar-refractivity contribution is -0.285. The number of aliphatic hydroxyl groups is 1. The van der Waals surface area contributed by atoms with E-state index in [-0.39, 0.29) is 57.1 Å². The average molecular weight is 545 g/mol. The monoisotopic (exact) mass is 544 g/mol. The maximum absolute atomic E-state index is 12.6. The van der Waals surface area contributed by atoms with Crippen LogP contribution in [-0.4, -0.2) is 34.9 Å². The van der Waals surface area contributed by atoms with Crippen LogP contribution >= 0.6 is 0 Å². The molecule has 5 aliphatic carbocycles. The Kier molecular flexibility index (Phi) is 6.74. The summed E-state index contributed by atoms with van der Waals surface area (Å²) >= 11 is 0. The number of hydrogen-bond donors (Lipinski definition) is 1. The second kappa shape index (κ2) is 8.95. The molecule has 0 aromatic carbocycles. The third-order valence-electron chi connectivity index (χ3n) is 14.5. The lowest BCUT2D eigenvalue weighted by Crippen LogP contribution is -2.70. The zero-order chi connectivity index (χ0) is 29.0. The number of ether oxygens (including phenoxy) is 2. The zero-order valence-corrected chi connectivity index (χ0v) is 26.5. The molecule has 5 saturated carbocycles. The number of fused-ring (bicyclic) bond motifs is 7. The summed E-state index contributed by atoms with van der Waals surface area (Å²) in [6, 6.07) is 0. The van der Waals surface area contributed by atoms with Crippen molar-refractivity contribution in [1.82, 2.24) is 0 Å². The summed E-state index contributed by atoms with van der Waals surface area (Å²) in [5.74, 6) is 1.76. The van der Waals surface area contributed by atoms with Crippen molar-refractivity contribution in [3.05, 3.63) is 0 Å². The van der Waals surface area contributed by atoms with Crippen LogP contribution in [0.3, 0.4) is 0 Å². The van der Waals surface area contributed by atoms with Crippen LogP contribution in [0.1, 0.15) is 127 Å². The van der Waals surface area contributed by atoms with E-state index >= 15 is 0 Å². The van der Waals surface area contributed by atoms with Crippen molar-refractivity contribution in [2.24, 2.45) is 56.7 Å². The summed E-state index contributed by atoms with van der Waals surface area (Å²) in [6.45, 7) is 21.9. The van der Waals surface area contributed by atoms with E-state index < -0.39 is 5.60 Å². The molecule has 39 heavy (non-hydrogen) atoms. The van der Waals surface area contributed by atoms with Gasteiger partial charge in [0.2, 0.25) is 0 Å². The van der Waals surface area contributed by atoms with Gasteiger partial charge in [-0.05, 0) is 117 Å². The van der Waals surface area contributed by atoms with Gasteiger partial charge in [-0.3, -0.25) is 9.59 Å². The fraction of sp³-hybridized carbons (Fsp3) is 0.941. The maximum Gasteiger partial charge on any atom is 0.302 e. The molecule has 5 fully saturated rings. The first-order valence-corrected chi connectivity index (χ1v) is 15.9. The van der Waals surface area contributed by atoms with Crippen molar-refractivity contribution >= 4 is 11.9 Å². The highest BCUT2D eigenvalue weighted by Gasteiger charge is 2.74. The van der Waals surface area contributed by atoms with E-state index in [2.05, 4.69) is 41.5 Å². The first-order chi connectivity index (χ1) is 17.8. The van der Waals surface area contributed by atoms with Crippen LogP contribution < -0.4 is 0 Å². The maximum atomic E-state index is 12.6. The molecule has 222 valence electrons. The molecule has 0 radical (unpaired) electrons. The van der Waals surface area contributed by atoms with Gasteiger partial charge in [0.1, 0.15) is 12.2 Å². The average Bonchev–Trinajstić information content (AvgIpc) is 3.13. The number of esters is 2. The smallest absolute Gasteiger partial charge is 0.302 e. The molecule has 5 nitrogen and oxygen atoms in total. The molecular formula is C34H56O5. The Labute approximate surface area is 237 Å². The minimum Gasteiger partial charge on any atom is -0.462 e. The molecule has 0 bridgehead atoms. The van der Waals surface area contributed by atoms with Gasteiger partial charge in [0.15, 0.2) is 0 Å². The summed E-state index contributed by atoms with van der Waals surface area (Å²) < 4.78 is 12.3. The number of carbonyl (C=O) groups excluding carboxylic acids is 2. The Hall–Kier alpha value is -1.10. The van der Waals surface area contributed by atoms with Crippen molar-refractivity contribution in [2.75, 3.05) is 0 Å². The molecule has 5 rings (SSSR count). The summed E-state index contributed by atoms with van der Waals surface area (Å²) in [4.78, 5) is 24.6. The van der Waals surface area contributed by atoms with Gasteiger partial charge in [0.25, 0.3) is 0 Å². The van der Waals surface area contributed by atoms with Crippen LogP contribution in [0.15, 0.2) is 0 Å². The number of rotatable bonds is 3. The Balaban J connectivity index is 1.56. The number of carbonyl (C=O) groups is 2. The molecule has 11 atom stereocenters. The highest BCUT2D eigenvalue weighted by molar-refractivity contribution is 5.66. The van der Waals surface area contributed by atoms with Crippen LogP contribution in [0.25, 0.3) is 0 Å². The van der Waals surface area contributed by atoms with Gasteiger partial charge in [-0.15, -0.1) is 0 Å². The zero-order valence-electron chi connectivity index (χ0n) is 26.5. The summed E-state index contributed by atoms with van der Waals surface area (Å²) in [6.07, 6.45) is 9.53. The minimum atomic E-state index is -0.726. The van der Waals surface area contributed by atoms with Crippen LogP contribution in [0.4, 0.5) is 0 Å². The molecule has 5 heteroatoms. The molecule has 0 aromatic rings. The SMILES string of the molecule is CC(=O)O[C@H]1CC[C@@]2(C)C(CC[C@]3(C)C2CCC2[C@@]4(C)CC[C@H](C(C)(C)O)C4C[C@H](OC(C)=O)[C@]23C)C1(C)C. The lowest BCUT2D eigenvalue weighted by Gasteiger charge is -2.74. The molecule has 1 N–H and O–H groups in total. The minimum absolute atomic E-state index is 0.0234. The van der Waals surface area contributed by atoms with Gasteiger partial charge in [0.05, 0.1) is 5.60 Å². The molecular weight excluding hydrogens is 488 g/mol. The summed E-state index contributed by atoms with van der Waals surface area (Å²) in [5.41, 5.74) is -0.560. The third kappa shape index (κ3) is 3.93. The molecule has 0 saturated heterocycles. The van der Waals surface area contributed by atoms with Crippen molar-refractivity contribution in [3.8, 4) is 0 Å². The molecule has 0 heterocycles. The van der Waals surface area contributed by atoms with Gasteiger partial charge in [-0.1, -0.05) is 41.5 Å². The van der Waals surface area contributed by atoms with E-state index in [1.807, 2.05) is 13.8 Å². The van der Waals surface area contributed by atoms with Crippen LogP contribution in [0.5, 0.6) is 0 Å². The predicted molar refractivity (Wildman–Crippen MR) is 153 cm³/mol. The van der Waals surface area contributed by atoms with Crippen molar-refractivity contribution in [1.29, 1.82) is 0 Å². The lowest BCUT2D eigenvalue weighted by atomic mass is 9.31. The van der Waals surface area contributed by atoms with E-state index in [0.29, 0.717) is 23.7 Å². The highest BCUT2D eigenvalue weighted by atomic mass is 16.5. The van der Waals surface area contributed by atoms with Gasteiger partial charge < -0.3 is 14.6 Å². The largest absolute Gasteiger partial charge is 0.462 e. The van der Waals surface area contributed by atoms with E-state index in [4.69, 9.17) is 9.47 Å². The standard InChI is InChI=1S/C34H56O5/c1-20(35)38-27-15-17-32(8)24(29(27,3)4)14-18-33(9)25(32)11-12-26-31(7)16-13-22(30(5,6)37)23(31)19-28(34(26,33)10)39-21(2)36/h22-28,37H,11-19H2,1-10H3/t22-,23?,24?,25?,26?,27-,28-,31-,32-,33+,34-/m0/s1. The van der Waals surface area contributed by atoms with E-state index in [9.17, 15) is 14.7 Å². The molecule has 0 spiro atoms. The normalized spacial score (nSPS) is 50.6. The Morgan fingerprint density at radius 2 is 1.28 bits per heavy atom. The Morgan fingerprint density at radius 3 is 1.87 bits per heavy atom.